The third-order valence-electron chi connectivity index (χ3n) is 3.02. The number of imidazole rings is 2. The molecule has 0 aliphatic carbocycles. The molecule has 0 radical (unpaired) electrons. The molecule has 58 heavy (non-hydrogen) atoms. The summed E-state index contributed by atoms with van der Waals surface area (Å²) in [5, 5.41) is 0. The molecule has 0 fully saturated rings. The van der Waals surface area contributed by atoms with Gasteiger partial charge in [0.25, 0.3) is 0 Å². The Morgan fingerprint density at radius 3 is 0.552 bits per heavy atom. The molecule has 2 aromatic heterocycles. The Hall–Kier alpha value is 1.69. The van der Waals surface area contributed by atoms with Crippen LogP contribution in [0.5, 0.6) is 0 Å². The van der Waals surface area contributed by atoms with Gasteiger partial charge in [-0.3, -0.25) is 0 Å². The van der Waals surface area contributed by atoms with Gasteiger partial charge < -0.3 is 177 Å². The van der Waals surface area contributed by atoms with Crippen molar-refractivity contribution in [3.8, 4) is 0 Å². The number of quaternary nitrogens is 4. The van der Waals surface area contributed by atoms with Crippen LogP contribution in [0.15, 0.2) is 48.5 Å². The minimum Gasteiger partial charge on any atom is -2.00 e. The van der Waals surface area contributed by atoms with Crippen LogP contribution in [0, 0.1) is 13.8 Å². The number of nitrogens with one attached hydrogen (secondary N) is 2. The molecule has 0 atom stereocenters. The number of hydrogen-bond donors (Lipinski definition) is 6. The van der Waals surface area contributed by atoms with E-state index in [9.17, 15) is 0 Å². The third-order valence-corrected chi connectivity index (χ3v) is 3.02. The molecule has 0 amide bonds. The van der Waals surface area contributed by atoms with Gasteiger partial charge in [-0.2, -0.15) is 0 Å². The number of benzene rings is 2. The normalized spacial score (nSPS) is 3.62. The van der Waals surface area contributed by atoms with Gasteiger partial charge in [-0.25, -0.2) is 9.97 Å². The van der Waals surface area contributed by atoms with Gasteiger partial charge in [-0.15, -0.1) is 0 Å². The van der Waals surface area contributed by atoms with Crippen LogP contribution < -0.4 is 24.6 Å². The molecule has 34 nitrogen and oxygen atoms in total. The molecule has 0 saturated heterocycles. The van der Waals surface area contributed by atoms with Gasteiger partial charge in [-0.05, 0) is 38.1 Å². The van der Waals surface area contributed by atoms with E-state index in [2.05, 4.69) is 19.9 Å². The summed E-state index contributed by atoms with van der Waals surface area (Å²) in [6.45, 7) is 3.92. The molecule has 4 aromatic rings. The molecular formula is C16H32Mo8N8O26-48. The third kappa shape index (κ3) is 118. The Morgan fingerprint density at radius 2 is 0.414 bits per heavy atom. The first-order valence-electron chi connectivity index (χ1n) is 6.55. The number of rotatable bonds is 0. The average Bonchev–Trinajstić information content (AvgIpc) is 2.99. The smallest absolute Gasteiger partial charge is 0.104 e. The minimum atomic E-state index is 0. The van der Waals surface area contributed by atoms with E-state index in [4.69, 9.17) is 0 Å². The largest absolute Gasteiger partial charge is 2.00 e. The maximum Gasteiger partial charge on any atom is 0.104 e. The average molecular weight is 1520 g/mol. The monoisotopic (exact) mass is 1540 g/mol. The van der Waals surface area contributed by atoms with E-state index >= 15 is 0 Å². The van der Waals surface area contributed by atoms with Crippen LogP contribution >= 0.6 is 0 Å². The summed E-state index contributed by atoms with van der Waals surface area (Å²) < 4.78 is 0. The van der Waals surface area contributed by atoms with Crippen molar-refractivity contribution in [2.75, 3.05) is 0 Å². The second kappa shape index (κ2) is 195. The molecular weight excluding hydrogens is 1490 g/mol. The molecule has 0 unspecified atom stereocenters. The van der Waals surface area contributed by atoms with Crippen molar-refractivity contribution in [2.24, 2.45) is 0 Å². The maximum atomic E-state index is 4.26. The molecule has 42 heteroatoms. The van der Waals surface area contributed by atoms with Crippen molar-refractivity contribution in [3.63, 3.8) is 0 Å². The molecule has 2 aromatic carbocycles. The number of aryl methyl sites for hydroxylation is 2. The van der Waals surface area contributed by atoms with Crippen molar-refractivity contribution in [1.82, 2.24) is 44.5 Å². The second-order valence-corrected chi connectivity index (χ2v) is 4.68. The maximum absolute atomic E-state index is 4.26. The number of fused-ring (bicyclic) bond motifs is 2. The SMILES string of the molecule is Cc1nc2ccccc2[nH]1.Cc1nc2ccccc2[nH]1.[Mo].[Mo].[Mo].[Mo].[Mo].[Mo].[Mo].[Mo].[NH4+].[NH4+].[NH4+].[NH4+].[O-2].[O-2].[O-2].[O-2].[O-2].[O-2].[O-2].[O-2].[O-2].[O-2].[O-2].[O-2].[O-2].[O-2].[O-2].[O-2].[O-2].[O-2].[O-2].[O-2].[O-2].[O-2].[O-2].[O-2].[O-2].[O-2]. The van der Waals surface area contributed by atoms with Gasteiger partial charge >= 0.3 is 0 Å². The number of hydrogen-bond acceptors (Lipinski definition) is 2. The first-order chi connectivity index (χ1) is 9.72. The molecule has 0 saturated carbocycles. The number of para-hydroxylation sites is 4. The topological polar surface area (TPSA) is 944 Å². The van der Waals surface area contributed by atoms with E-state index < -0.39 is 0 Å². The predicted molar refractivity (Wildman–Crippen MR) is 123 cm³/mol. The summed E-state index contributed by atoms with van der Waals surface area (Å²) in [6.07, 6.45) is 0. The quantitative estimate of drug-likeness (QED) is 0.144. The van der Waals surface area contributed by atoms with Crippen LogP contribution in [-0.4, -0.2) is 19.9 Å². The Morgan fingerprint density at radius 1 is 0.276 bits per heavy atom. The molecule has 0 bridgehead atoms. The fraction of sp³-hybridized carbons (Fsp3) is 0.125. The summed E-state index contributed by atoms with van der Waals surface area (Å²) in [6, 6.07) is 16.0. The van der Waals surface area contributed by atoms with Gasteiger partial charge in [0, 0.05) is 169 Å². The predicted octanol–water partition coefficient (Wildman–Crippen LogP) is 2.14. The summed E-state index contributed by atoms with van der Waals surface area (Å²) in [5.74, 6) is 1.95. The van der Waals surface area contributed by atoms with Crippen molar-refractivity contribution < 1.29 is 311 Å². The van der Waals surface area contributed by atoms with Gasteiger partial charge in [0.2, 0.25) is 0 Å². The summed E-state index contributed by atoms with van der Waals surface area (Å²) >= 11 is 0. The van der Waals surface area contributed by atoms with E-state index in [0.717, 1.165) is 33.7 Å². The van der Waals surface area contributed by atoms with E-state index in [1.54, 1.807) is 0 Å². The van der Waals surface area contributed by atoms with Crippen LogP contribution in [0.25, 0.3) is 22.1 Å². The number of aromatic nitrogens is 4. The number of aromatic amines is 2. The number of nitrogens with zero attached hydrogens (tertiary/aromatic N) is 2. The van der Waals surface area contributed by atoms with Gasteiger partial charge in [-0.1, -0.05) is 24.3 Å². The summed E-state index contributed by atoms with van der Waals surface area (Å²) in [4.78, 5) is 14.8. The molecule has 0 spiro atoms. The minimum absolute atomic E-state index is 0. The first kappa shape index (κ1) is 366. The molecule has 388 valence electrons. The second-order valence-electron chi connectivity index (χ2n) is 4.68. The van der Waals surface area contributed by atoms with Crippen molar-refractivity contribution >= 4 is 22.1 Å². The van der Waals surface area contributed by atoms with Crippen molar-refractivity contribution in [3.05, 3.63) is 60.2 Å². The van der Waals surface area contributed by atoms with Gasteiger partial charge in [0.15, 0.2) is 0 Å². The van der Waals surface area contributed by atoms with E-state index in [0.29, 0.717) is 0 Å². The first-order valence-corrected chi connectivity index (χ1v) is 6.55. The number of H-pyrrole nitrogens is 2. The van der Waals surface area contributed by atoms with Crippen molar-refractivity contribution in [1.29, 1.82) is 0 Å². The van der Waals surface area contributed by atoms with E-state index in [1.165, 1.54) is 0 Å². The Labute approximate surface area is 447 Å². The van der Waals surface area contributed by atoms with Crippen LogP contribution in [0.3, 0.4) is 0 Å². The fourth-order valence-corrected chi connectivity index (χ4v) is 2.16. The zero-order chi connectivity index (χ0) is 13.9. The molecule has 18 N–H and O–H groups in total. The Kier molecular flexibility index (Phi) is 1230. The Bertz CT molecular complexity index is 795. The van der Waals surface area contributed by atoms with Crippen LogP contribution in [0.2, 0.25) is 0 Å². The molecule has 4 rings (SSSR count). The standard InChI is InChI=1S/2C8H8N2.8Mo.4H3N.26O/c2*1-6-9-7-4-2-3-5-8(7)10-6;;;;;;;;;;;;;;;;;;;;;;;;;;;;;;;;;;;;;;/h2*2-5H,1H3,(H,9,10);;;;;;;;;4*1H3;;;;;;;;;;;;;;;;;;;;;;;;;;/q;;;;;;;;;;;;;;26*-2/p+4. The van der Waals surface area contributed by atoms with Crippen LogP contribution in [0.1, 0.15) is 11.6 Å². The molecule has 0 aliphatic heterocycles. The molecule has 0 aliphatic rings. The summed E-state index contributed by atoms with van der Waals surface area (Å²) in [5.41, 5.74) is 4.31. The van der Waals surface area contributed by atoms with Gasteiger partial charge in [0.1, 0.15) is 11.6 Å². The van der Waals surface area contributed by atoms with Crippen LogP contribution in [0.4, 0.5) is 0 Å². The summed E-state index contributed by atoms with van der Waals surface area (Å²) in [7, 11) is 0. The van der Waals surface area contributed by atoms with E-state index in [1.807, 2.05) is 62.4 Å². The zero-order valence-corrected chi connectivity index (χ0v) is 45.4. The fourth-order valence-electron chi connectivity index (χ4n) is 2.16. The van der Waals surface area contributed by atoms with Crippen LogP contribution in [-0.2, 0) is 311 Å². The Balaban J connectivity index is -0.00000000297. The van der Waals surface area contributed by atoms with E-state index in [-0.39, 0.29) is 336 Å². The van der Waals surface area contributed by atoms with Crippen molar-refractivity contribution in [2.45, 2.75) is 13.8 Å². The van der Waals surface area contributed by atoms with Gasteiger partial charge in [0.05, 0.1) is 22.1 Å². The molecule has 2 heterocycles. The zero-order valence-electron chi connectivity index (χ0n) is 29.4.